The van der Waals surface area contributed by atoms with Crippen LogP contribution < -0.4 is 0 Å². The van der Waals surface area contributed by atoms with Gasteiger partial charge in [0.2, 0.25) is 0 Å². The van der Waals surface area contributed by atoms with Crippen LogP contribution in [0.4, 0.5) is 0 Å². The molecule has 0 saturated carbocycles. The quantitative estimate of drug-likeness (QED) is 0.526. The Hall–Kier alpha value is 1.83. The van der Waals surface area contributed by atoms with Crippen LogP contribution in [0.2, 0.25) is 0 Å². The van der Waals surface area contributed by atoms with Crippen molar-refractivity contribution in [2.75, 3.05) is 0 Å². The second kappa shape index (κ2) is 230. The standard InChI is InChI=1S/2Fe.2Ni.5O/q2*+3;2*+2;5*-2. The molecule has 66 valence electrons. The predicted octanol–water partition coefficient (Wildman–Crippen LogP) is -0.604. The van der Waals surface area contributed by atoms with E-state index in [1.165, 1.54) is 0 Å². The third-order valence-corrected chi connectivity index (χ3v) is 0. The predicted molar refractivity (Wildman–Crippen MR) is 3.43 cm³/mol. The average molecular weight is 309 g/mol. The van der Waals surface area contributed by atoms with Crippen LogP contribution in [0.3, 0.4) is 0 Å². The molecule has 0 heterocycles. The summed E-state index contributed by atoms with van der Waals surface area (Å²) in [6, 6.07) is 0. The van der Waals surface area contributed by atoms with Gasteiger partial charge in [0.15, 0.2) is 0 Å². The van der Waals surface area contributed by atoms with E-state index in [1.807, 2.05) is 0 Å². The monoisotopic (exact) mass is 308 g/mol. The molecule has 0 bridgehead atoms. The van der Waals surface area contributed by atoms with Crippen LogP contribution in [0.15, 0.2) is 0 Å². The molecule has 2 radical (unpaired) electrons. The minimum absolute atomic E-state index is 0. The fourth-order valence-electron chi connectivity index (χ4n) is 0. The van der Waals surface area contributed by atoms with Crippen molar-refractivity contribution < 1.29 is 94.5 Å². The van der Waals surface area contributed by atoms with Crippen LogP contribution in [-0.4, -0.2) is 0 Å². The van der Waals surface area contributed by atoms with E-state index in [0.29, 0.717) is 0 Å². The third-order valence-electron chi connectivity index (χ3n) is 0. The molecule has 5 nitrogen and oxygen atoms in total. The zero-order chi connectivity index (χ0) is 0. The van der Waals surface area contributed by atoms with E-state index in [4.69, 9.17) is 0 Å². The topological polar surface area (TPSA) is 142 Å². The van der Waals surface area contributed by atoms with E-state index >= 15 is 0 Å². The van der Waals surface area contributed by atoms with E-state index in [1.54, 1.807) is 0 Å². The van der Waals surface area contributed by atoms with Crippen LogP contribution in [0.1, 0.15) is 0 Å². The first-order valence-electron chi connectivity index (χ1n) is 0. The molecule has 0 aromatic heterocycles. The molecule has 0 N–H and O–H groups in total. The Labute approximate surface area is 94.1 Å². The van der Waals surface area contributed by atoms with Gasteiger partial charge in [-0.1, -0.05) is 0 Å². The summed E-state index contributed by atoms with van der Waals surface area (Å²) in [6.45, 7) is 0. The van der Waals surface area contributed by atoms with Crippen molar-refractivity contribution in [1.82, 2.24) is 0 Å². The number of rotatable bonds is 0. The van der Waals surface area contributed by atoms with Crippen LogP contribution >= 0.6 is 0 Å². The molecule has 9 heteroatoms. The molecule has 0 saturated heterocycles. The molecule has 0 aromatic rings. The van der Waals surface area contributed by atoms with Crippen LogP contribution in [-0.2, 0) is 94.5 Å². The first kappa shape index (κ1) is 313. The summed E-state index contributed by atoms with van der Waals surface area (Å²) >= 11 is 0. The molecule has 0 fully saturated rings. The smallest absolute Gasteiger partial charge is 2.00 e. The first-order valence-corrected chi connectivity index (χ1v) is 0. The Kier molecular flexibility index (Phi) is 8000. The van der Waals surface area contributed by atoms with E-state index in [-0.39, 0.29) is 94.5 Å². The van der Waals surface area contributed by atoms with Crippen LogP contribution in [0.25, 0.3) is 0 Å². The van der Waals surface area contributed by atoms with Crippen molar-refractivity contribution in [3.05, 3.63) is 0 Å². The molecule has 0 amide bonds. The van der Waals surface area contributed by atoms with Gasteiger partial charge in [0.05, 0.1) is 0 Å². The van der Waals surface area contributed by atoms with Crippen molar-refractivity contribution in [2.24, 2.45) is 0 Å². The number of hydrogen-bond donors (Lipinski definition) is 0. The van der Waals surface area contributed by atoms with Crippen molar-refractivity contribution >= 4 is 0 Å². The molecule has 9 heavy (non-hydrogen) atoms. The van der Waals surface area contributed by atoms with Gasteiger partial charge in [-0.2, -0.15) is 0 Å². The van der Waals surface area contributed by atoms with Gasteiger partial charge in [0, 0.05) is 0 Å². The van der Waals surface area contributed by atoms with Gasteiger partial charge in [0.1, 0.15) is 0 Å². The Morgan fingerprint density at radius 2 is 0.333 bits per heavy atom. The van der Waals surface area contributed by atoms with Gasteiger partial charge in [-0.15, -0.1) is 0 Å². The van der Waals surface area contributed by atoms with Gasteiger partial charge < -0.3 is 27.4 Å². The molecule has 0 aliphatic heterocycles. The Balaban J connectivity index is 0. The third kappa shape index (κ3) is 180. The zero-order valence-electron chi connectivity index (χ0n) is 3.38. The molecule has 0 aliphatic rings. The van der Waals surface area contributed by atoms with Crippen molar-refractivity contribution in [2.45, 2.75) is 0 Å². The van der Waals surface area contributed by atoms with E-state index in [0.717, 1.165) is 0 Å². The van der Waals surface area contributed by atoms with Gasteiger partial charge in [-0.3, -0.25) is 0 Å². The maximum atomic E-state index is 0. The largest absolute Gasteiger partial charge is 3.00 e. The second-order valence-corrected chi connectivity index (χ2v) is 0. The maximum absolute atomic E-state index is 0. The minimum atomic E-state index is 0. The second-order valence-electron chi connectivity index (χ2n) is 0. The molecule has 0 atom stereocenters. The van der Waals surface area contributed by atoms with E-state index in [2.05, 4.69) is 0 Å². The first-order chi connectivity index (χ1) is 0. The summed E-state index contributed by atoms with van der Waals surface area (Å²) in [6.07, 6.45) is 0. The van der Waals surface area contributed by atoms with E-state index in [9.17, 15) is 0 Å². The van der Waals surface area contributed by atoms with Gasteiger partial charge >= 0.3 is 67.1 Å². The summed E-state index contributed by atoms with van der Waals surface area (Å²) in [5.74, 6) is 0. The Morgan fingerprint density at radius 1 is 0.333 bits per heavy atom. The molecular formula is Fe2Ni2O5. The van der Waals surface area contributed by atoms with Gasteiger partial charge in [0.25, 0.3) is 0 Å². The summed E-state index contributed by atoms with van der Waals surface area (Å²) < 4.78 is 0. The fraction of sp³-hybridized carbons (Fsp3) is 0. The average Bonchev–Trinajstić information content (AvgIpc) is 0. The molecule has 0 spiro atoms. The fourth-order valence-corrected chi connectivity index (χ4v) is 0. The molecule has 0 unspecified atom stereocenters. The Bertz CT molecular complexity index is 12.9. The van der Waals surface area contributed by atoms with Gasteiger partial charge in [-0.25, -0.2) is 0 Å². The molecular weight excluding hydrogens is 309 g/mol. The van der Waals surface area contributed by atoms with Crippen molar-refractivity contribution in [3.63, 3.8) is 0 Å². The van der Waals surface area contributed by atoms with Crippen LogP contribution in [0.5, 0.6) is 0 Å². The summed E-state index contributed by atoms with van der Waals surface area (Å²) in [5.41, 5.74) is 0. The number of hydrogen-bond acceptors (Lipinski definition) is 0. The Morgan fingerprint density at radius 3 is 0.333 bits per heavy atom. The van der Waals surface area contributed by atoms with Crippen LogP contribution in [0, 0.1) is 0 Å². The normalized spacial score (nSPS) is 0. The molecule has 0 aliphatic carbocycles. The summed E-state index contributed by atoms with van der Waals surface area (Å²) in [7, 11) is 0. The van der Waals surface area contributed by atoms with Crippen molar-refractivity contribution in [1.29, 1.82) is 0 Å². The minimum Gasteiger partial charge on any atom is -2.00 e. The van der Waals surface area contributed by atoms with Crippen molar-refractivity contribution in [3.8, 4) is 0 Å². The summed E-state index contributed by atoms with van der Waals surface area (Å²) in [5, 5.41) is 0. The molecule has 0 aromatic carbocycles. The van der Waals surface area contributed by atoms with Gasteiger partial charge in [-0.05, 0) is 0 Å². The maximum Gasteiger partial charge on any atom is 3.00 e. The molecule has 0 rings (SSSR count). The zero-order valence-corrected chi connectivity index (χ0v) is 7.56. The SMILES string of the molecule is [Fe+3].[Fe+3].[Ni+2].[Ni+2].[O-2].[O-2].[O-2].[O-2].[O-2]. The van der Waals surface area contributed by atoms with E-state index < -0.39 is 0 Å². The summed E-state index contributed by atoms with van der Waals surface area (Å²) in [4.78, 5) is 0.